The molecule has 1 aromatic heterocycles. The molecule has 0 saturated carbocycles. The quantitative estimate of drug-likeness (QED) is 0.751. The Morgan fingerprint density at radius 3 is 2.64 bits per heavy atom. The van der Waals surface area contributed by atoms with Crippen LogP contribution in [-0.2, 0) is 0 Å². The van der Waals surface area contributed by atoms with Gasteiger partial charge in [0.05, 0.1) is 18.8 Å². The molecule has 22 heavy (non-hydrogen) atoms. The van der Waals surface area contributed by atoms with Crippen LogP contribution in [0.5, 0.6) is 5.75 Å². The van der Waals surface area contributed by atoms with Gasteiger partial charge in [-0.2, -0.15) is 0 Å². The number of rotatable bonds is 3. The van der Waals surface area contributed by atoms with Crippen molar-refractivity contribution in [3.63, 3.8) is 0 Å². The van der Waals surface area contributed by atoms with Gasteiger partial charge in [-0.05, 0) is 36.8 Å². The predicted molar refractivity (Wildman–Crippen MR) is 93.7 cm³/mol. The molecule has 1 atom stereocenters. The van der Waals surface area contributed by atoms with Gasteiger partial charge in [0.1, 0.15) is 5.75 Å². The van der Waals surface area contributed by atoms with E-state index < -0.39 is 0 Å². The van der Waals surface area contributed by atoms with Gasteiger partial charge in [0.15, 0.2) is 10.2 Å². The van der Waals surface area contributed by atoms with Gasteiger partial charge in [-0.25, -0.2) is 4.98 Å². The number of nitrogens with two attached hydrogens (primary N) is 1. The highest BCUT2D eigenvalue weighted by Gasteiger charge is 2.27. The first-order chi connectivity index (χ1) is 10.6. The fourth-order valence-corrected chi connectivity index (χ4v) is 3.33. The Bertz CT molecular complexity index is 736. The van der Waals surface area contributed by atoms with Crippen LogP contribution in [0.15, 0.2) is 35.3 Å². The molecule has 3 rings (SSSR count). The van der Waals surface area contributed by atoms with Crippen LogP contribution in [0.25, 0.3) is 5.57 Å². The number of nitrogen functional groups attached to an aromatic ring is 1. The van der Waals surface area contributed by atoms with E-state index in [-0.39, 0.29) is 6.04 Å². The average molecular weight is 332 g/mol. The molecular formula is C15H16N4OS2. The van der Waals surface area contributed by atoms with Crippen molar-refractivity contribution in [2.75, 3.05) is 12.8 Å². The lowest BCUT2D eigenvalue weighted by Crippen LogP contribution is -2.42. The van der Waals surface area contributed by atoms with Crippen molar-refractivity contribution in [2.24, 2.45) is 0 Å². The van der Waals surface area contributed by atoms with Crippen LogP contribution in [0.3, 0.4) is 0 Å². The Morgan fingerprint density at radius 1 is 1.32 bits per heavy atom. The summed E-state index contributed by atoms with van der Waals surface area (Å²) >= 11 is 6.72. The fourth-order valence-electron chi connectivity index (χ4n) is 2.49. The highest BCUT2D eigenvalue weighted by atomic mass is 32.1. The van der Waals surface area contributed by atoms with Gasteiger partial charge in [0.25, 0.3) is 0 Å². The molecule has 0 amide bonds. The third-order valence-corrected chi connectivity index (χ3v) is 4.41. The maximum absolute atomic E-state index is 5.78. The summed E-state index contributed by atoms with van der Waals surface area (Å²) in [7, 11) is 1.65. The van der Waals surface area contributed by atoms with E-state index in [1.165, 1.54) is 11.3 Å². The minimum absolute atomic E-state index is 0.0684. The monoisotopic (exact) mass is 332 g/mol. The third-order valence-electron chi connectivity index (χ3n) is 3.52. The molecule has 0 bridgehead atoms. The van der Waals surface area contributed by atoms with Crippen molar-refractivity contribution in [1.29, 1.82) is 0 Å². The Morgan fingerprint density at radius 2 is 2.05 bits per heavy atom. The van der Waals surface area contributed by atoms with E-state index in [0.717, 1.165) is 28.3 Å². The summed E-state index contributed by atoms with van der Waals surface area (Å²) in [5.74, 6) is 0.820. The molecule has 7 heteroatoms. The standard InChI is InChI=1S/C15H16N4OS2/c1-8-12(11-7-22-14(16)18-11)13(19-15(21)17-8)9-3-5-10(20-2)6-4-9/h3-7,13H,1-2H3,(H2,16,18)(H2,17,19,21). The summed E-state index contributed by atoms with van der Waals surface area (Å²) in [6.07, 6.45) is 0. The number of anilines is 1. The van der Waals surface area contributed by atoms with E-state index in [0.29, 0.717) is 10.2 Å². The number of thiazole rings is 1. The molecule has 1 aromatic carbocycles. The van der Waals surface area contributed by atoms with E-state index >= 15 is 0 Å². The fraction of sp³-hybridized carbons (Fsp3) is 0.200. The SMILES string of the molecule is COc1ccc(C2NC(=S)NC(C)=C2c2csc(N)n2)cc1. The smallest absolute Gasteiger partial charge is 0.180 e. The van der Waals surface area contributed by atoms with Crippen LogP contribution in [0, 0.1) is 0 Å². The maximum atomic E-state index is 5.78. The van der Waals surface area contributed by atoms with Crippen molar-refractivity contribution in [2.45, 2.75) is 13.0 Å². The van der Waals surface area contributed by atoms with Gasteiger partial charge in [-0.1, -0.05) is 12.1 Å². The molecule has 114 valence electrons. The Labute approximate surface area is 138 Å². The molecule has 0 radical (unpaired) electrons. The second kappa shape index (κ2) is 5.94. The second-order valence-electron chi connectivity index (χ2n) is 4.91. The summed E-state index contributed by atoms with van der Waals surface area (Å²) in [6.45, 7) is 1.99. The molecule has 0 fully saturated rings. The number of methoxy groups -OCH3 is 1. The maximum Gasteiger partial charge on any atom is 0.180 e. The largest absolute Gasteiger partial charge is 0.497 e. The molecule has 0 spiro atoms. The normalized spacial score (nSPS) is 17.9. The number of ether oxygens (including phenoxy) is 1. The van der Waals surface area contributed by atoms with E-state index in [9.17, 15) is 0 Å². The number of allylic oxidation sites excluding steroid dienone is 1. The first kappa shape index (κ1) is 14.8. The van der Waals surface area contributed by atoms with E-state index in [1.54, 1.807) is 7.11 Å². The Kier molecular flexibility index (Phi) is 4.00. The third kappa shape index (κ3) is 2.77. The highest BCUT2D eigenvalue weighted by Crippen LogP contribution is 2.35. The van der Waals surface area contributed by atoms with Gasteiger partial charge in [-0.3, -0.25) is 0 Å². The zero-order chi connectivity index (χ0) is 15.7. The van der Waals surface area contributed by atoms with Crippen molar-refractivity contribution >= 4 is 39.4 Å². The minimum Gasteiger partial charge on any atom is -0.497 e. The summed E-state index contributed by atoms with van der Waals surface area (Å²) < 4.78 is 5.22. The zero-order valence-electron chi connectivity index (χ0n) is 12.2. The van der Waals surface area contributed by atoms with Crippen molar-refractivity contribution in [3.8, 4) is 5.75 Å². The van der Waals surface area contributed by atoms with E-state index in [4.69, 9.17) is 22.7 Å². The first-order valence-electron chi connectivity index (χ1n) is 6.72. The second-order valence-corrected chi connectivity index (χ2v) is 6.21. The van der Waals surface area contributed by atoms with Gasteiger partial charge in [0.2, 0.25) is 0 Å². The van der Waals surface area contributed by atoms with Crippen LogP contribution in [-0.4, -0.2) is 17.2 Å². The lowest BCUT2D eigenvalue weighted by atomic mass is 9.94. The lowest BCUT2D eigenvalue weighted by molar-refractivity contribution is 0.414. The first-order valence-corrected chi connectivity index (χ1v) is 8.01. The van der Waals surface area contributed by atoms with Crippen LogP contribution < -0.4 is 21.1 Å². The van der Waals surface area contributed by atoms with Crippen LogP contribution in [0.4, 0.5) is 5.13 Å². The van der Waals surface area contributed by atoms with Gasteiger partial charge in [0, 0.05) is 16.7 Å². The predicted octanol–water partition coefficient (Wildman–Crippen LogP) is 2.68. The van der Waals surface area contributed by atoms with Gasteiger partial charge < -0.3 is 21.1 Å². The van der Waals surface area contributed by atoms with Crippen LogP contribution in [0.1, 0.15) is 24.2 Å². The molecule has 1 unspecified atom stereocenters. The number of hydrogen-bond donors (Lipinski definition) is 3. The number of aromatic nitrogens is 1. The highest BCUT2D eigenvalue weighted by molar-refractivity contribution is 7.80. The number of nitrogens with zero attached hydrogens (tertiary/aromatic N) is 1. The molecule has 2 aromatic rings. The summed E-state index contributed by atoms with van der Waals surface area (Å²) in [6, 6.07) is 7.84. The van der Waals surface area contributed by atoms with Crippen LogP contribution >= 0.6 is 23.6 Å². The molecule has 0 saturated heterocycles. The zero-order valence-corrected chi connectivity index (χ0v) is 13.8. The summed E-state index contributed by atoms with van der Waals surface area (Å²) in [4.78, 5) is 4.41. The summed E-state index contributed by atoms with van der Waals surface area (Å²) in [5, 5.41) is 9.58. The number of benzene rings is 1. The number of hydrogen-bond acceptors (Lipinski definition) is 5. The minimum atomic E-state index is -0.0684. The number of thiocarbonyl (C=S) groups is 1. The van der Waals surface area contributed by atoms with E-state index in [1.807, 2.05) is 36.6 Å². The van der Waals surface area contributed by atoms with Crippen molar-refractivity contribution in [3.05, 3.63) is 46.6 Å². The number of nitrogens with one attached hydrogen (secondary N) is 2. The molecule has 2 heterocycles. The van der Waals surface area contributed by atoms with Gasteiger partial charge >= 0.3 is 0 Å². The molecule has 5 nitrogen and oxygen atoms in total. The molecule has 1 aliphatic heterocycles. The van der Waals surface area contributed by atoms with Crippen molar-refractivity contribution < 1.29 is 4.74 Å². The lowest BCUT2D eigenvalue weighted by Gasteiger charge is -2.30. The molecular weight excluding hydrogens is 316 g/mol. The topological polar surface area (TPSA) is 72.2 Å². The summed E-state index contributed by atoms with van der Waals surface area (Å²) in [5.41, 5.74) is 9.76. The molecule has 1 aliphatic rings. The van der Waals surface area contributed by atoms with Crippen LogP contribution in [0.2, 0.25) is 0 Å². The Hall–Kier alpha value is -2.12. The molecule has 4 N–H and O–H groups in total. The Balaban J connectivity index is 2.05. The molecule has 0 aliphatic carbocycles. The average Bonchev–Trinajstić information content (AvgIpc) is 2.92. The van der Waals surface area contributed by atoms with Crippen molar-refractivity contribution in [1.82, 2.24) is 15.6 Å². The van der Waals surface area contributed by atoms with Gasteiger partial charge in [-0.15, -0.1) is 11.3 Å². The van der Waals surface area contributed by atoms with E-state index in [2.05, 4.69) is 15.6 Å².